The van der Waals surface area contributed by atoms with Crippen molar-refractivity contribution in [2.45, 2.75) is 6.61 Å². The summed E-state index contributed by atoms with van der Waals surface area (Å²) >= 11 is 0. The highest BCUT2D eigenvalue weighted by atomic mass is 16.3. The largest absolute Gasteiger partial charge is 0.394 e. The fraction of sp³-hybridized carbons (Fsp3) is 0.167. The summed E-state index contributed by atoms with van der Waals surface area (Å²) in [7, 11) is 0. The second kappa shape index (κ2) is 1.85. The van der Waals surface area contributed by atoms with E-state index in [2.05, 4.69) is 0 Å². The number of aliphatic hydroxyl groups is 1. The molecule has 0 unspecified atom stereocenters. The molecule has 0 aliphatic carbocycles. The van der Waals surface area contributed by atoms with Gasteiger partial charge in [-0.3, -0.25) is 0 Å². The third-order valence-corrected chi connectivity index (χ3v) is 0.914. The van der Waals surface area contributed by atoms with E-state index in [0.717, 1.165) is 5.56 Å². The standard InChI is InChI=1S/C6H7O/c7-5-6-3-1-2-4-6/h1-4,7H,5H2/q-1. The highest BCUT2D eigenvalue weighted by Crippen LogP contribution is 1.96. The number of aliphatic hydroxyl groups excluding tert-OH is 1. The van der Waals surface area contributed by atoms with Crippen LogP contribution in [-0.4, -0.2) is 5.11 Å². The molecule has 0 fully saturated rings. The molecular formula is C6H7O-. The molecule has 0 spiro atoms. The van der Waals surface area contributed by atoms with Crippen molar-refractivity contribution in [2.75, 3.05) is 0 Å². The maximum absolute atomic E-state index is 8.43. The van der Waals surface area contributed by atoms with Crippen LogP contribution in [0.15, 0.2) is 24.3 Å². The van der Waals surface area contributed by atoms with Gasteiger partial charge in [0.15, 0.2) is 0 Å². The molecule has 1 aromatic rings. The fourth-order valence-electron chi connectivity index (χ4n) is 0.519. The van der Waals surface area contributed by atoms with E-state index in [9.17, 15) is 0 Å². The molecule has 0 amide bonds. The quantitative estimate of drug-likeness (QED) is 0.514. The zero-order valence-corrected chi connectivity index (χ0v) is 3.96. The van der Waals surface area contributed by atoms with Gasteiger partial charge in [0.1, 0.15) is 0 Å². The molecule has 0 bridgehead atoms. The molecule has 0 atom stereocenters. The lowest BCUT2D eigenvalue weighted by molar-refractivity contribution is 0.282. The van der Waals surface area contributed by atoms with Gasteiger partial charge in [-0.1, -0.05) is 0 Å². The molecule has 0 heterocycles. The maximum Gasteiger partial charge on any atom is 0.0452 e. The molecule has 0 aliphatic rings. The Labute approximate surface area is 42.6 Å². The van der Waals surface area contributed by atoms with E-state index in [1.807, 2.05) is 24.3 Å². The molecule has 1 rings (SSSR count). The summed E-state index contributed by atoms with van der Waals surface area (Å²) in [5, 5.41) is 8.43. The summed E-state index contributed by atoms with van der Waals surface area (Å²) in [6, 6.07) is 7.59. The van der Waals surface area contributed by atoms with Gasteiger partial charge < -0.3 is 5.11 Å². The van der Waals surface area contributed by atoms with E-state index in [-0.39, 0.29) is 6.61 Å². The first-order valence-corrected chi connectivity index (χ1v) is 2.25. The Hall–Kier alpha value is -0.690. The van der Waals surface area contributed by atoms with Crippen LogP contribution in [0.3, 0.4) is 0 Å². The van der Waals surface area contributed by atoms with Crippen molar-refractivity contribution >= 4 is 0 Å². The molecule has 0 aliphatic heterocycles. The first-order chi connectivity index (χ1) is 3.43. The van der Waals surface area contributed by atoms with Crippen molar-refractivity contribution in [3.05, 3.63) is 29.8 Å². The third-order valence-electron chi connectivity index (χ3n) is 0.914. The number of hydrogen-bond donors (Lipinski definition) is 1. The summed E-state index contributed by atoms with van der Waals surface area (Å²) in [6.07, 6.45) is 0. The van der Waals surface area contributed by atoms with E-state index in [1.54, 1.807) is 0 Å². The molecular weight excluding hydrogens is 88.1 g/mol. The Morgan fingerprint density at radius 2 is 2.57 bits per heavy atom. The van der Waals surface area contributed by atoms with Crippen LogP contribution in [-0.2, 0) is 6.61 Å². The van der Waals surface area contributed by atoms with Crippen LogP contribution in [0.2, 0.25) is 0 Å². The van der Waals surface area contributed by atoms with E-state index < -0.39 is 0 Å². The third kappa shape index (κ3) is 0.842. The molecule has 0 saturated carbocycles. The lowest BCUT2D eigenvalue weighted by Gasteiger charge is -1.88. The van der Waals surface area contributed by atoms with Gasteiger partial charge in [0, 0.05) is 6.61 Å². The number of hydrogen-bond acceptors (Lipinski definition) is 1. The molecule has 0 radical (unpaired) electrons. The zero-order valence-electron chi connectivity index (χ0n) is 3.96. The van der Waals surface area contributed by atoms with E-state index in [0.29, 0.717) is 0 Å². The molecule has 7 heavy (non-hydrogen) atoms. The van der Waals surface area contributed by atoms with Gasteiger partial charge in [0.25, 0.3) is 0 Å². The second-order valence-electron chi connectivity index (χ2n) is 1.45. The van der Waals surface area contributed by atoms with E-state index in [4.69, 9.17) is 5.11 Å². The van der Waals surface area contributed by atoms with Gasteiger partial charge in [-0.05, 0) is 0 Å². The average Bonchev–Trinajstić information content (AvgIpc) is 2.14. The average molecular weight is 95.1 g/mol. The van der Waals surface area contributed by atoms with Crippen molar-refractivity contribution < 1.29 is 5.11 Å². The molecule has 0 aromatic heterocycles. The molecule has 1 nitrogen and oxygen atoms in total. The SMILES string of the molecule is OCc1ccc[cH-]1. The summed E-state index contributed by atoms with van der Waals surface area (Å²) < 4.78 is 0. The first kappa shape index (κ1) is 4.47. The Balaban J connectivity index is 2.76. The van der Waals surface area contributed by atoms with Crippen molar-refractivity contribution in [3.8, 4) is 0 Å². The summed E-state index contributed by atoms with van der Waals surface area (Å²) in [6.45, 7) is 0.160. The molecule has 0 saturated heterocycles. The van der Waals surface area contributed by atoms with Crippen molar-refractivity contribution in [1.29, 1.82) is 0 Å². The first-order valence-electron chi connectivity index (χ1n) is 2.25. The van der Waals surface area contributed by atoms with Crippen LogP contribution >= 0.6 is 0 Å². The van der Waals surface area contributed by atoms with Crippen molar-refractivity contribution in [1.82, 2.24) is 0 Å². The van der Waals surface area contributed by atoms with E-state index in [1.165, 1.54) is 0 Å². The van der Waals surface area contributed by atoms with Gasteiger partial charge in [-0.25, -0.2) is 12.1 Å². The minimum Gasteiger partial charge on any atom is -0.394 e. The van der Waals surface area contributed by atoms with Crippen LogP contribution in [0.1, 0.15) is 5.56 Å². The molecule has 38 valence electrons. The smallest absolute Gasteiger partial charge is 0.0452 e. The Morgan fingerprint density at radius 3 is 2.86 bits per heavy atom. The van der Waals surface area contributed by atoms with Crippen LogP contribution in [0.4, 0.5) is 0 Å². The van der Waals surface area contributed by atoms with Gasteiger partial charge in [0.2, 0.25) is 0 Å². The number of rotatable bonds is 1. The topological polar surface area (TPSA) is 20.2 Å². The minimum absolute atomic E-state index is 0.160. The van der Waals surface area contributed by atoms with E-state index >= 15 is 0 Å². The lowest BCUT2D eigenvalue weighted by Crippen LogP contribution is -1.72. The highest BCUT2D eigenvalue weighted by molar-refractivity contribution is 5.14. The predicted octanol–water partition coefficient (Wildman–Crippen LogP) is 0.898. The second-order valence-corrected chi connectivity index (χ2v) is 1.45. The normalized spacial score (nSPS) is 9.29. The zero-order chi connectivity index (χ0) is 5.11. The van der Waals surface area contributed by atoms with Crippen LogP contribution in [0.5, 0.6) is 0 Å². The minimum atomic E-state index is 0.160. The van der Waals surface area contributed by atoms with Crippen molar-refractivity contribution in [3.63, 3.8) is 0 Å². The predicted molar refractivity (Wildman–Crippen MR) is 28.0 cm³/mol. The molecule has 1 N–H and O–H groups in total. The highest BCUT2D eigenvalue weighted by Gasteiger charge is 1.72. The van der Waals surface area contributed by atoms with Crippen molar-refractivity contribution in [2.24, 2.45) is 0 Å². The Kier molecular flexibility index (Phi) is 1.18. The van der Waals surface area contributed by atoms with Crippen LogP contribution in [0, 0.1) is 0 Å². The summed E-state index contributed by atoms with van der Waals surface area (Å²) in [4.78, 5) is 0. The lowest BCUT2D eigenvalue weighted by atomic mass is 10.4. The maximum atomic E-state index is 8.43. The van der Waals surface area contributed by atoms with Gasteiger partial charge >= 0.3 is 0 Å². The molecule has 1 heteroatoms. The summed E-state index contributed by atoms with van der Waals surface area (Å²) in [5.41, 5.74) is 0.986. The van der Waals surface area contributed by atoms with Gasteiger partial charge in [-0.15, -0.1) is 5.56 Å². The van der Waals surface area contributed by atoms with Gasteiger partial charge in [0.05, 0.1) is 0 Å². The van der Waals surface area contributed by atoms with Gasteiger partial charge in [-0.2, -0.15) is 12.1 Å². The monoisotopic (exact) mass is 95.1 g/mol. The summed E-state index contributed by atoms with van der Waals surface area (Å²) in [5.74, 6) is 0. The van der Waals surface area contributed by atoms with Crippen LogP contribution in [0.25, 0.3) is 0 Å². The fourth-order valence-corrected chi connectivity index (χ4v) is 0.519. The Morgan fingerprint density at radius 1 is 1.71 bits per heavy atom. The molecule has 1 aromatic carbocycles. The Bertz CT molecular complexity index is 119. The van der Waals surface area contributed by atoms with Crippen LogP contribution < -0.4 is 0 Å².